The van der Waals surface area contributed by atoms with Crippen molar-refractivity contribution in [3.8, 4) is 0 Å². The molecule has 100 valence electrons. The Hall–Kier alpha value is -1.46. The lowest BCUT2D eigenvalue weighted by Crippen LogP contribution is -2.12. The minimum absolute atomic E-state index is 0.0628. The molecule has 0 amide bonds. The van der Waals surface area contributed by atoms with Gasteiger partial charge in [0.25, 0.3) is 0 Å². The molecule has 0 nitrogen and oxygen atoms in total. The molecule has 0 spiro atoms. The van der Waals surface area contributed by atoms with Crippen LogP contribution in [-0.2, 0) is 12.4 Å². The lowest BCUT2D eigenvalue weighted by Gasteiger charge is -2.16. The summed E-state index contributed by atoms with van der Waals surface area (Å²) in [6, 6.07) is 1.53. The molecule has 0 saturated heterocycles. The molecule has 6 heteroatoms. The first kappa shape index (κ1) is 14.6. The van der Waals surface area contributed by atoms with Gasteiger partial charge in [-0.3, -0.25) is 0 Å². The molecule has 0 aromatic heterocycles. The summed E-state index contributed by atoms with van der Waals surface area (Å²) in [6.45, 7) is 4.83. The quantitative estimate of drug-likeness (QED) is 0.522. The number of hydrogen-bond donors (Lipinski definition) is 0. The maximum Gasteiger partial charge on any atom is 0.416 e. The second-order valence-electron chi connectivity index (χ2n) is 3.86. The molecule has 0 unspecified atom stereocenters. The fraction of sp³-hybridized carbons (Fsp3) is 0.333. The minimum atomic E-state index is -4.81. The van der Waals surface area contributed by atoms with Crippen molar-refractivity contribution in [3.63, 3.8) is 0 Å². The third-order valence-electron chi connectivity index (χ3n) is 2.49. The van der Waals surface area contributed by atoms with Gasteiger partial charge < -0.3 is 0 Å². The number of rotatable bonds is 2. The van der Waals surface area contributed by atoms with E-state index in [2.05, 4.69) is 6.58 Å². The molecule has 1 aromatic carbocycles. The van der Waals surface area contributed by atoms with Crippen LogP contribution in [0.1, 0.15) is 29.5 Å². The van der Waals surface area contributed by atoms with Crippen LogP contribution in [0.2, 0.25) is 0 Å². The van der Waals surface area contributed by atoms with Crippen molar-refractivity contribution >= 4 is 0 Å². The van der Waals surface area contributed by atoms with Crippen molar-refractivity contribution in [2.45, 2.75) is 25.2 Å². The van der Waals surface area contributed by atoms with Gasteiger partial charge in [0.15, 0.2) is 0 Å². The Bertz CT molecular complexity index is 409. The van der Waals surface area contributed by atoms with Gasteiger partial charge >= 0.3 is 12.4 Å². The standard InChI is InChI=1S/C12H10F6/c1-3-7(2)8-4-9(11(13,14)15)6-10(5-8)12(16,17)18/h3-7H,1H2,2H3/t7-/m0/s1. The molecule has 0 N–H and O–H groups in total. The van der Waals surface area contributed by atoms with Crippen LogP contribution in [0.5, 0.6) is 0 Å². The summed E-state index contributed by atoms with van der Waals surface area (Å²) >= 11 is 0. The minimum Gasteiger partial charge on any atom is -0.166 e. The molecule has 0 fully saturated rings. The molecule has 18 heavy (non-hydrogen) atoms. The van der Waals surface area contributed by atoms with E-state index in [4.69, 9.17) is 0 Å². The van der Waals surface area contributed by atoms with Gasteiger partial charge in [0.2, 0.25) is 0 Å². The Morgan fingerprint density at radius 3 is 1.61 bits per heavy atom. The van der Waals surface area contributed by atoms with Crippen LogP contribution in [0.25, 0.3) is 0 Å². The Morgan fingerprint density at radius 2 is 1.33 bits per heavy atom. The van der Waals surface area contributed by atoms with E-state index in [-0.39, 0.29) is 11.6 Å². The van der Waals surface area contributed by atoms with Crippen molar-refractivity contribution in [2.75, 3.05) is 0 Å². The monoisotopic (exact) mass is 268 g/mol. The van der Waals surface area contributed by atoms with E-state index in [0.717, 1.165) is 0 Å². The van der Waals surface area contributed by atoms with Crippen molar-refractivity contribution in [1.29, 1.82) is 0 Å². The maximum atomic E-state index is 12.5. The topological polar surface area (TPSA) is 0 Å². The molecule has 0 aliphatic heterocycles. The van der Waals surface area contributed by atoms with Gasteiger partial charge in [-0.1, -0.05) is 13.0 Å². The number of allylic oxidation sites excluding steroid dienone is 1. The third-order valence-corrected chi connectivity index (χ3v) is 2.49. The Balaban J connectivity index is 3.43. The van der Waals surface area contributed by atoms with Crippen LogP contribution in [0.3, 0.4) is 0 Å². The average Bonchev–Trinajstić information content (AvgIpc) is 2.25. The lowest BCUT2D eigenvalue weighted by atomic mass is 9.96. The smallest absolute Gasteiger partial charge is 0.166 e. The summed E-state index contributed by atoms with van der Waals surface area (Å²) in [4.78, 5) is 0. The zero-order chi connectivity index (χ0) is 14.1. The van der Waals surface area contributed by atoms with Crippen LogP contribution in [0.4, 0.5) is 26.3 Å². The summed E-state index contributed by atoms with van der Waals surface area (Å²) in [5.41, 5.74) is -2.67. The van der Waals surface area contributed by atoms with Gasteiger partial charge in [0, 0.05) is 0 Å². The van der Waals surface area contributed by atoms with Gasteiger partial charge in [-0.25, -0.2) is 0 Å². The van der Waals surface area contributed by atoms with E-state index in [0.29, 0.717) is 12.1 Å². The molecular formula is C12H10F6. The Labute approximate surface area is 99.9 Å². The Morgan fingerprint density at radius 1 is 0.944 bits per heavy atom. The van der Waals surface area contributed by atoms with Gasteiger partial charge in [0.05, 0.1) is 11.1 Å². The van der Waals surface area contributed by atoms with E-state index >= 15 is 0 Å². The normalized spacial score (nSPS) is 14.4. The fourth-order valence-electron chi connectivity index (χ4n) is 1.38. The molecule has 0 saturated carbocycles. The van der Waals surface area contributed by atoms with Crippen LogP contribution in [-0.4, -0.2) is 0 Å². The zero-order valence-corrected chi connectivity index (χ0v) is 9.36. The highest BCUT2D eigenvalue weighted by Crippen LogP contribution is 2.37. The van der Waals surface area contributed by atoms with Crippen LogP contribution < -0.4 is 0 Å². The molecule has 0 heterocycles. The van der Waals surface area contributed by atoms with Gasteiger partial charge in [-0.2, -0.15) is 26.3 Å². The van der Waals surface area contributed by atoms with Gasteiger partial charge in [0.1, 0.15) is 0 Å². The highest BCUT2D eigenvalue weighted by atomic mass is 19.4. The summed E-state index contributed by atoms with van der Waals surface area (Å²) in [6.07, 6.45) is -8.33. The van der Waals surface area contributed by atoms with Crippen molar-refractivity contribution < 1.29 is 26.3 Å². The number of halogens is 6. The summed E-state index contributed by atoms with van der Waals surface area (Å²) in [7, 11) is 0. The second-order valence-corrected chi connectivity index (χ2v) is 3.86. The average molecular weight is 268 g/mol. The van der Waals surface area contributed by atoms with E-state index in [1.165, 1.54) is 13.0 Å². The molecular weight excluding hydrogens is 258 g/mol. The molecule has 1 rings (SSSR count). The first-order chi connectivity index (χ1) is 8.05. The van der Waals surface area contributed by atoms with E-state index in [1.54, 1.807) is 0 Å². The van der Waals surface area contributed by atoms with E-state index < -0.39 is 29.4 Å². The van der Waals surface area contributed by atoms with Gasteiger partial charge in [-0.05, 0) is 29.7 Å². The van der Waals surface area contributed by atoms with Crippen molar-refractivity contribution in [3.05, 3.63) is 47.5 Å². The Kier molecular flexibility index (Phi) is 3.78. The highest BCUT2D eigenvalue weighted by molar-refractivity contribution is 5.36. The molecule has 0 aliphatic rings. The SMILES string of the molecule is C=C[C@H](C)c1cc(C(F)(F)F)cc(C(F)(F)F)c1. The second kappa shape index (κ2) is 4.66. The first-order valence-electron chi connectivity index (χ1n) is 4.97. The number of benzene rings is 1. The molecule has 0 radical (unpaired) electrons. The maximum absolute atomic E-state index is 12.5. The molecule has 0 aliphatic carbocycles. The first-order valence-corrected chi connectivity index (χ1v) is 4.97. The molecule has 1 atom stereocenters. The van der Waals surface area contributed by atoms with E-state index in [9.17, 15) is 26.3 Å². The predicted molar refractivity (Wildman–Crippen MR) is 55.1 cm³/mol. The number of alkyl halides is 6. The van der Waals surface area contributed by atoms with E-state index in [1.807, 2.05) is 0 Å². The van der Waals surface area contributed by atoms with Crippen molar-refractivity contribution in [2.24, 2.45) is 0 Å². The number of hydrogen-bond acceptors (Lipinski definition) is 0. The molecule has 1 aromatic rings. The van der Waals surface area contributed by atoms with Crippen LogP contribution in [0.15, 0.2) is 30.9 Å². The lowest BCUT2D eigenvalue weighted by molar-refractivity contribution is -0.143. The van der Waals surface area contributed by atoms with Gasteiger partial charge in [-0.15, -0.1) is 6.58 Å². The largest absolute Gasteiger partial charge is 0.416 e. The fourth-order valence-corrected chi connectivity index (χ4v) is 1.38. The third kappa shape index (κ3) is 3.27. The molecule has 0 bridgehead atoms. The van der Waals surface area contributed by atoms with Crippen molar-refractivity contribution in [1.82, 2.24) is 0 Å². The highest BCUT2D eigenvalue weighted by Gasteiger charge is 2.37. The predicted octanol–water partition coefficient (Wildman–Crippen LogP) is 5.01. The zero-order valence-electron chi connectivity index (χ0n) is 9.36. The summed E-state index contributed by atoms with van der Waals surface area (Å²) < 4.78 is 75.1. The summed E-state index contributed by atoms with van der Waals surface area (Å²) in [5, 5.41) is 0. The van der Waals surface area contributed by atoms with Crippen LogP contribution in [0, 0.1) is 0 Å². The van der Waals surface area contributed by atoms with Crippen LogP contribution >= 0.6 is 0 Å². The summed E-state index contributed by atoms with van der Waals surface area (Å²) in [5.74, 6) is -0.589.